The molecular weight excluding hydrogens is 288 g/mol. The van der Waals surface area contributed by atoms with Gasteiger partial charge in [-0.25, -0.2) is 4.98 Å². The van der Waals surface area contributed by atoms with Crippen LogP contribution in [0.3, 0.4) is 0 Å². The topological polar surface area (TPSA) is 52.2 Å². The molecule has 0 radical (unpaired) electrons. The van der Waals surface area contributed by atoms with Crippen molar-refractivity contribution in [1.82, 2.24) is 14.9 Å². The van der Waals surface area contributed by atoms with E-state index >= 15 is 0 Å². The minimum absolute atomic E-state index is 0.0960. The van der Waals surface area contributed by atoms with E-state index in [9.17, 15) is 4.79 Å². The van der Waals surface area contributed by atoms with Gasteiger partial charge in [0.05, 0.1) is 11.1 Å². The normalized spacial score (nSPS) is 15.1. The lowest BCUT2D eigenvalue weighted by molar-refractivity contribution is 0.0748. The van der Waals surface area contributed by atoms with Crippen LogP contribution in [0.25, 0.3) is 10.9 Å². The Kier molecular flexibility index (Phi) is 3.46. The number of nitrogens with zero attached hydrogens (tertiary/aromatic N) is 3. The molecule has 0 aliphatic carbocycles. The number of pyridine rings is 1. The molecule has 1 N–H and O–H groups in total. The van der Waals surface area contributed by atoms with E-state index in [1.54, 1.807) is 6.20 Å². The standard InChI is InChI=1S/C18H18N4O/c23-18(15-5-3-4-14-7-9-20-17(14)15)22-12-10-21(11-13-22)16-6-1-2-8-19-16/h1-9,20H,10-13H2. The third-order valence-corrected chi connectivity index (χ3v) is 4.36. The highest BCUT2D eigenvalue weighted by molar-refractivity contribution is 6.05. The smallest absolute Gasteiger partial charge is 0.256 e. The summed E-state index contributed by atoms with van der Waals surface area (Å²) in [5, 5.41) is 1.07. The Morgan fingerprint density at radius 1 is 1.00 bits per heavy atom. The molecule has 0 saturated carbocycles. The summed E-state index contributed by atoms with van der Waals surface area (Å²) >= 11 is 0. The second-order valence-corrected chi connectivity index (χ2v) is 5.71. The van der Waals surface area contributed by atoms with E-state index < -0.39 is 0 Å². The predicted molar refractivity (Wildman–Crippen MR) is 90.7 cm³/mol. The van der Waals surface area contributed by atoms with Crippen molar-refractivity contribution in [3.05, 3.63) is 60.4 Å². The van der Waals surface area contributed by atoms with Crippen molar-refractivity contribution in [3.8, 4) is 0 Å². The van der Waals surface area contributed by atoms with Gasteiger partial charge < -0.3 is 14.8 Å². The van der Waals surface area contributed by atoms with E-state index in [0.717, 1.165) is 35.4 Å². The summed E-state index contributed by atoms with van der Waals surface area (Å²) in [6, 6.07) is 13.8. The molecule has 0 spiro atoms. The molecule has 0 unspecified atom stereocenters. The summed E-state index contributed by atoms with van der Waals surface area (Å²) in [6.07, 6.45) is 3.68. The van der Waals surface area contributed by atoms with E-state index in [1.165, 1.54) is 0 Å². The van der Waals surface area contributed by atoms with Gasteiger partial charge in [0, 0.05) is 44.0 Å². The fraction of sp³-hybridized carbons (Fsp3) is 0.222. The van der Waals surface area contributed by atoms with E-state index in [1.807, 2.05) is 53.6 Å². The average molecular weight is 306 g/mol. The molecule has 1 aliphatic rings. The Hall–Kier alpha value is -2.82. The number of para-hydroxylation sites is 1. The van der Waals surface area contributed by atoms with Crippen LogP contribution in [0.5, 0.6) is 0 Å². The fourth-order valence-corrected chi connectivity index (χ4v) is 3.11. The molecule has 116 valence electrons. The van der Waals surface area contributed by atoms with E-state index in [0.29, 0.717) is 13.1 Å². The Labute approximate surface area is 134 Å². The average Bonchev–Trinajstić information content (AvgIpc) is 3.11. The van der Waals surface area contributed by atoms with Crippen LogP contribution in [0, 0.1) is 0 Å². The highest BCUT2D eigenvalue weighted by Gasteiger charge is 2.24. The number of H-pyrrole nitrogens is 1. The maximum atomic E-state index is 12.8. The van der Waals surface area contributed by atoms with Gasteiger partial charge in [-0.1, -0.05) is 18.2 Å². The number of amides is 1. The van der Waals surface area contributed by atoms with Gasteiger partial charge in [-0.3, -0.25) is 4.79 Å². The van der Waals surface area contributed by atoms with Crippen molar-refractivity contribution >= 4 is 22.6 Å². The Balaban J connectivity index is 1.50. The van der Waals surface area contributed by atoms with Crippen molar-refractivity contribution in [2.45, 2.75) is 0 Å². The summed E-state index contributed by atoms with van der Waals surface area (Å²) in [5.41, 5.74) is 1.67. The summed E-state index contributed by atoms with van der Waals surface area (Å²) in [6.45, 7) is 3.05. The van der Waals surface area contributed by atoms with E-state index in [-0.39, 0.29) is 5.91 Å². The molecule has 23 heavy (non-hydrogen) atoms. The van der Waals surface area contributed by atoms with Gasteiger partial charge in [0.15, 0.2) is 0 Å². The summed E-state index contributed by atoms with van der Waals surface area (Å²) < 4.78 is 0. The predicted octanol–water partition coefficient (Wildman–Crippen LogP) is 2.53. The van der Waals surface area contributed by atoms with Crippen LogP contribution in [0.2, 0.25) is 0 Å². The first-order valence-corrected chi connectivity index (χ1v) is 7.84. The number of carbonyl (C=O) groups excluding carboxylic acids is 1. The van der Waals surface area contributed by atoms with Crippen LogP contribution < -0.4 is 4.90 Å². The Bertz CT molecular complexity index is 819. The van der Waals surface area contributed by atoms with Crippen molar-refractivity contribution in [2.24, 2.45) is 0 Å². The lowest BCUT2D eigenvalue weighted by atomic mass is 10.1. The summed E-state index contributed by atoms with van der Waals surface area (Å²) in [4.78, 5) is 24.5. The van der Waals surface area contributed by atoms with Gasteiger partial charge in [0.2, 0.25) is 0 Å². The largest absolute Gasteiger partial charge is 0.361 e. The van der Waals surface area contributed by atoms with Crippen molar-refractivity contribution in [3.63, 3.8) is 0 Å². The fourth-order valence-electron chi connectivity index (χ4n) is 3.11. The lowest BCUT2D eigenvalue weighted by Gasteiger charge is -2.35. The molecule has 1 fully saturated rings. The quantitative estimate of drug-likeness (QED) is 0.791. The van der Waals surface area contributed by atoms with Crippen molar-refractivity contribution in [2.75, 3.05) is 31.1 Å². The SMILES string of the molecule is O=C(c1cccc2cc[nH]c12)N1CCN(c2ccccn2)CC1. The van der Waals surface area contributed by atoms with Crippen LogP contribution in [0.1, 0.15) is 10.4 Å². The number of rotatable bonds is 2. The van der Waals surface area contributed by atoms with Gasteiger partial charge in [0.1, 0.15) is 5.82 Å². The molecule has 3 aromatic rings. The zero-order valence-electron chi connectivity index (χ0n) is 12.8. The zero-order valence-corrected chi connectivity index (χ0v) is 12.8. The van der Waals surface area contributed by atoms with Crippen LogP contribution >= 0.6 is 0 Å². The number of nitrogens with one attached hydrogen (secondary N) is 1. The molecular formula is C18H18N4O. The summed E-state index contributed by atoms with van der Waals surface area (Å²) in [7, 11) is 0. The zero-order chi connectivity index (χ0) is 15.6. The molecule has 3 heterocycles. The molecule has 1 amide bonds. The monoisotopic (exact) mass is 306 g/mol. The van der Waals surface area contributed by atoms with Gasteiger partial charge in [-0.2, -0.15) is 0 Å². The van der Waals surface area contributed by atoms with Gasteiger partial charge in [-0.05, 0) is 24.3 Å². The number of aromatic nitrogens is 2. The Morgan fingerprint density at radius 2 is 1.87 bits per heavy atom. The minimum Gasteiger partial charge on any atom is -0.361 e. The lowest BCUT2D eigenvalue weighted by Crippen LogP contribution is -2.49. The number of piperazine rings is 1. The van der Waals surface area contributed by atoms with E-state index in [4.69, 9.17) is 0 Å². The molecule has 0 bridgehead atoms. The first-order valence-electron chi connectivity index (χ1n) is 7.84. The number of benzene rings is 1. The molecule has 5 nitrogen and oxygen atoms in total. The molecule has 5 heteroatoms. The second kappa shape index (κ2) is 5.76. The van der Waals surface area contributed by atoms with Crippen LogP contribution in [0.4, 0.5) is 5.82 Å². The number of hydrogen-bond donors (Lipinski definition) is 1. The minimum atomic E-state index is 0.0960. The molecule has 1 aromatic carbocycles. The van der Waals surface area contributed by atoms with Crippen molar-refractivity contribution in [1.29, 1.82) is 0 Å². The first-order chi connectivity index (χ1) is 11.3. The number of carbonyl (C=O) groups is 1. The second-order valence-electron chi connectivity index (χ2n) is 5.71. The Morgan fingerprint density at radius 3 is 2.65 bits per heavy atom. The summed E-state index contributed by atoms with van der Waals surface area (Å²) in [5.74, 6) is 1.07. The van der Waals surface area contributed by atoms with Crippen LogP contribution in [0.15, 0.2) is 54.9 Å². The highest BCUT2D eigenvalue weighted by atomic mass is 16.2. The molecule has 4 rings (SSSR count). The maximum Gasteiger partial charge on any atom is 0.256 e. The number of hydrogen-bond acceptors (Lipinski definition) is 3. The number of aromatic amines is 1. The molecule has 2 aromatic heterocycles. The maximum absolute atomic E-state index is 12.8. The van der Waals surface area contributed by atoms with Crippen LogP contribution in [-0.2, 0) is 0 Å². The highest BCUT2D eigenvalue weighted by Crippen LogP contribution is 2.20. The number of anilines is 1. The van der Waals surface area contributed by atoms with E-state index in [2.05, 4.69) is 14.9 Å². The number of fused-ring (bicyclic) bond motifs is 1. The van der Waals surface area contributed by atoms with Gasteiger partial charge in [-0.15, -0.1) is 0 Å². The third kappa shape index (κ3) is 2.54. The van der Waals surface area contributed by atoms with Gasteiger partial charge in [0.25, 0.3) is 5.91 Å². The van der Waals surface area contributed by atoms with Gasteiger partial charge >= 0.3 is 0 Å². The molecule has 1 saturated heterocycles. The third-order valence-electron chi connectivity index (χ3n) is 4.36. The molecule has 0 atom stereocenters. The van der Waals surface area contributed by atoms with Crippen molar-refractivity contribution < 1.29 is 4.79 Å². The molecule has 1 aliphatic heterocycles. The van der Waals surface area contributed by atoms with Crippen LogP contribution in [-0.4, -0.2) is 47.0 Å². The first kappa shape index (κ1) is 13.8.